The molecule has 0 aliphatic heterocycles. The average molecular weight is 164 g/mol. The van der Waals surface area contributed by atoms with E-state index in [1.165, 1.54) is 18.3 Å². The third-order valence-electron chi connectivity index (χ3n) is 1.22. The van der Waals surface area contributed by atoms with Gasteiger partial charge in [0.25, 0.3) is 0 Å². The molecule has 0 aromatic carbocycles. The Balaban J connectivity index is 2.89. The summed E-state index contributed by atoms with van der Waals surface area (Å²) >= 11 is 0. The Kier molecular flexibility index (Phi) is 2.42. The van der Waals surface area contributed by atoms with Gasteiger partial charge in [0.1, 0.15) is 11.4 Å². The number of aromatic nitrogens is 1. The fraction of sp³-hybridized carbons (Fsp3) is 0. The van der Waals surface area contributed by atoms with Gasteiger partial charge < -0.3 is 10.8 Å². The monoisotopic (exact) mass is 164 g/mol. The van der Waals surface area contributed by atoms with Crippen molar-refractivity contribution in [1.82, 2.24) is 4.98 Å². The number of hydrogen-bond acceptors (Lipinski definition) is 3. The van der Waals surface area contributed by atoms with Crippen LogP contribution in [-0.2, 0) is 4.79 Å². The molecule has 0 unspecified atom stereocenters. The largest absolute Gasteiger partial charge is 0.506 e. The number of hydrogen-bond donors (Lipinski definition) is 2. The molecule has 0 radical (unpaired) electrons. The van der Waals surface area contributed by atoms with Gasteiger partial charge in [0, 0.05) is 12.3 Å². The Morgan fingerprint density at radius 1 is 1.67 bits per heavy atom. The Morgan fingerprint density at radius 2 is 2.42 bits per heavy atom. The van der Waals surface area contributed by atoms with Crippen molar-refractivity contribution in [2.24, 2.45) is 5.73 Å². The van der Waals surface area contributed by atoms with Crippen molar-refractivity contribution in [2.45, 2.75) is 0 Å². The molecule has 1 aromatic heterocycles. The van der Waals surface area contributed by atoms with Gasteiger partial charge in [-0.3, -0.25) is 9.78 Å². The van der Waals surface area contributed by atoms with Crippen molar-refractivity contribution in [3.63, 3.8) is 0 Å². The smallest absolute Gasteiger partial charge is 0.241 e. The van der Waals surface area contributed by atoms with Crippen LogP contribution in [0.2, 0.25) is 0 Å². The fourth-order valence-corrected chi connectivity index (χ4v) is 0.699. The van der Waals surface area contributed by atoms with E-state index < -0.39 is 5.91 Å². The van der Waals surface area contributed by atoms with Crippen LogP contribution in [0.25, 0.3) is 6.08 Å². The van der Waals surface area contributed by atoms with E-state index >= 15 is 0 Å². The summed E-state index contributed by atoms with van der Waals surface area (Å²) < 4.78 is 0. The summed E-state index contributed by atoms with van der Waals surface area (Å²) in [7, 11) is 0. The van der Waals surface area contributed by atoms with Crippen molar-refractivity contribution in [3.05, 3.63) is 30.1 Å². The van der Waals surface area contributed by atoms with Crippen LogP contribution < -0.4 is 5.73 Å². The number of rotatable bonds is 2. The second-order valence-corrected chi connectivity index (χ2v) is 2.14. The number of nitrogens with two attached hydrogens (primary N) is 1. The molecular weight excluding hydrogens is 156 g/mol. The predicted molar refractivity (Wildman–Crippen MR) is 44.1 cm³/mol. The third-order valence-corrected chi connectivity index (χ3v) is 1.22. The maximum absolute atomic E-state index is 10.3. The van der Waals surface area contributed by atoms with Crippen LogP contribution in [0.15, 0.2) is 24.4 Å². The lowest BCUT2D eigenvalue weighted by Crippen LogP contribution is -2.05. The van der Waals surface area contributed by atoms with Crippen molar-refractivity contribution in [3.8, 4) is 5.75 Å². The normalized spacial score (nSPS) is 10.3. The lowest BCUT2D eigenvalue weighted by atomic mass is 10.3. The summed E-state index contributed by atoms with van der Waals surface area (Å²) in [4.78, 5) is 14.1. The zero-order valence-corrected chi connectivity index (χ0v) is 6.27. The highest BCUT2D eigenvalue weighted by Crippen LogP contribution is 2.13. The Labute approximate surface area is 69.4 Å². The molecule has 0 saturated heterocycles. The van der Waals surface area contributed by atoms with Gasteiger partial charge in [0.15, 0.2) is 0 Å². The second-order valence-electron chi connectivity index (χ2n) is 2.14. The Morgan fingerprint density at radius 3 is 3.00 bits per heavy atom. The van der Waals surface area contributed by atoms with Gasteiger partial charge in [0.2, 0.25) is 5.91 Å². The first-order chi connectivity index (χ1) is 5.70. The summed E-state index contributed by atoms with van der Waals surface area (Å²) in [6.45, 7) is 0. The van der Waals surface area contributed by atoms with Crippen LogP contribution in [0.4, 0.5) is 0 Å². The van der Waals surface area contributed by atoms with E-state index in [0.29, 0.717) is 5.69 Å². The SMILES string of the molecule is NC(=O)/C=C/c1ncccc1O. The first-order valence-electron chi connectivity index (χ1n) is 3.31. The van der Waals surface area contributed by atoms with Gasteiger partial charge in [-0.2, -0.15) is 0 Å². The number of carbonyl (C=O) groups excluding carboxylic acids is 1. The van der Waals surface area contributed by atoms with E-state index in [0.717, 1.165) is 6.08 Å². The third kappa shape index (κ3) is 2.09. The van der Waals surface area contributed by atoms with Gasteiger partial charge >= 0.3 is 0 Å². The Hall–Kier alpha value is -1.84. The minimum atomic E-state index is -0.569. The highest BCUT2D eigenvalue weighted by Gasteiger charge is 1.95. The van der Waals surface area contributed by atoms with E-state index in [-0.39, 0.29) is 5.75 Å². The van der Waals surface area contributed by atoms with E-state index in [1.807, 2.05) is 0 Å². The summed E-state index contributed by atoms with van der Waals surface area (Å²) in [5, 5.41) is 9.16. The zero-order chi connectivity index (χ0) is 8.97. The van der Waals surface area contributed by atoms with Crippen LogP contribution in [0.1, 0.15) is 5.69 Å². The highest BCUT2D eigenvalue weighted by molar-refractivity contribution is 5.90. The molecule has 0 aliphatic rings. The maximum Gasteiger partial charge on any atom is 0.241 e. The minimum Gasteiger partial charge on any atom is -0.506 e. The second kappa shape index (κ2) is 3.52. The molecule has 4 nitrogen and oxygen atoms in total. The van der Waals surface area contributed by atoms with Crippen LogP contribution in [0.5, 0.6) is 5.75 Å². The topological polar surface area (TPSA) is 76.2 Å². The van der Waals surface area contributed by atoms with Crippen LogP contribution in [-0.4, -0.2) is 16.0 Å². The molecule has 0 saturated carbocycles. The molecule has 0 bridgehead atoms. The first-order valence-corrected chi connectivity index (χ1v) is 3.31. The Bertz CT molecular complexity index is 321. The lowest BCUT2D eigenvalue weighted by molar-refractivity contribution is -0.113. The first kappa shape index (κ1) is 8.26. The number of carbonyl (C=O) groups is 1. The summed E-state index contributed by atoms with van der Waals surface area (Å²) in [6.07, 6.45) is 4.01. The van der Waals surface area contributed by atoms with Gasteiger partial charge in [-0.05, 0) is 18.2 Å². The number of primary amides is 1. The molecule has 0 fully saturated rings. The highest BCUT2D eigenvalue weighted by atomic mass is 16.3. The number of pyridine rings is 1. The molecule has 1 amide bonds. The summed E-state index contributed by atoms with van der Waals surface area (Å²) in [5.41, 5.74) is 5.19. The fourth-order valence-electron chi connectivity index (χ4n) is 0.699. The minimum absolute atomic E-state index is 0.0231. The van der Waals surface area contributed by atoms with Crippen molar-refractivity contribution < 1.29 is 9.90 Å². The van der Waals surface area contributed by atoms with Gasteiger partial charge in [0.05, 0.1) is 0 Å². The number of nitrogens with zero attached hydrogens (tertiary/aromatic N) is 1. The standard InChI is InChI=1S/C8H8N2O2/c9-8(12)4-3-6-7(11)2-1-5-10-6/h1-5,11H,(H2,9,12)/b4-3+. The van der Waals surface area contributed by atoms with Gasteiger partial charge in [-0.1, -0.05) is 0 Å². The average Bonchev–Trinajstić information content (AvgIpc) is 2.03. The molecule has 1 heterocycles. The molecule has 0 spiro atoms. The van der Waals surface area contributed by atoms with Crippen molar-refractivity contribution >= 4 is 12.0 Å². The molecule has 62 valence electrons. The summed E-state index contributed by atoms with van der Waals surface area (Å²) in [6, 6.07) is 3.07. The van der Waals surface area contributed by atoms with Crippen LogP contribution >= 0.6 is 0 Å². The predicted octanol–water partition coefficient (Wildman–Crippen LogP) is 0.286. The van der Waals surface area contributed by atoms with Crippen molar-refractivity contribution in [2.75, 3.05) is 0 Å². The molecule has 0 atom stereocenters. The maximum atomic E-state index is 10.3. The summed E-state index contributed by atoms with van der Waals surface area (Å²) in [5.74, 6) is -0.546. The molecule has 0 aliphatic carbocycles. The zero-order valence-electron chi connectivity index (χ0n) is 6.27. The van der Waals surface area contributed by atoms with Crippen molar-refractivity contribution in [1.29, 1.82) is 0 Å². The molecule has 1 rings (SSSR count). The van der Waals surface area contributed by atoms with Gasteiger partial charge in [-0.15, -0.1) is 0 Å². The molecule has 1 aromatic rings. The number of aromatic hydroxyl groups is 1. The lowest BCUT2D eigenvalue weighted by Gasteiger charge is -1.94. The van der Waals surface area contributed by atoms with Crippen LogP contribution in [0.3, 0.4) is 0 Å². The van der Waals surface area contributed by atoms with E-state index in [2.05, 4.69) is 4.98 Å². The molecular formula is C8H8N2O2. The quantitative estimate of drug-likeness (QED) is 0.616. The molecule has 12 heavy (non-hydrogen) atoms. The van der Waals surface area contributed by atoms with E-state index in [4.69, 9.17) is 10.8 Å². The number of amides is 1. The molecule has 4 heteroatoms. The van der Waals surface area contributed by atoms with E-state index in [9.17, 15) is 4.79 Å². The van der Waals surface area contributed by atoms with E-state index in [1.54, 1.807) is 6.07 Å². The van der Waals surface area contributed by atoms with Gasteiger partial charge in [-0.25, -0.2) is 0 Å². The molecule has 3 N–H and O–H groups in total. The van der Waals surface area contributed by atoms with Crippen LogP contribution in [0, 0.1) is 0 Å².